The number of carbonyl (C=O) groups excluding carboxylic acids is 1. The number of aromatic amines is 1. The number of hydrogen-bond donors (Lipinski definition) is 1. The highest BCUT2D eigenvalue weighted by atomic mass is 79.9. The average molecular weight is 497 g/mol. The molecule has 0 spiro atoms. The minimum absolute atomic E-state index is 0.201. The molecule has 0 aliphatic rings. The number of hydrogen-bond acceptors (Lipinski definition) is 6. The number of benzene rings is 2. The Morgan fingerprint density at radius 2 is 1.66 bits per heavy atom. The summed E-state index contributed by atoms with van der Waals surface area (Å²) in [7, 11) is 4.64. The molecule has 4 rings (SSSR count). The lowest BCUT2D eigenvalue weighted by atomic mass is 10.0. The van der Waals surface area contributed by atoms with E-state index >= 15 is 0 Å². The van der Waals surface area contributed by atoms with Gasteiger partial charge in [0.25, 0.3) is 0 Å². The van der Waals surface area contributed by atoms with E-state index in [-0.39, 0.29) is 11.5 Å². The van der Waals surface area contributed by atoms with E-state index in [1.807, 2.05) is 42.6 Å². The summed E-state index contributed by atoms with van der Waals surface area (Å²) >= 11 is 3.45. The molecule has 2 heterocycles. The van der Waals surface area contributed by atoms with Gasteiger partial charge in [0.2, 0.25) is 5.78 Å². The van der Waals surface area contributed by atoms with E-state index < -0.39 is 6.10 Å². The van der Waals surface area contributed by atoms with Crippen molar-refractivity contribution in [2.75, 3.05) is 21.3 Å². The van der Waals surface area contributed by atoms with Crippen molar-refractivity contribution >= 4 is 21.7 Å². The van der Waals surface area contributed by atoms with Crippen molar-refractivity contribution in [1.29, 1.82) is 0 Å². The topological polar surface area (TPSA) is 86.6 Å². The largest absolute Gasteiger partial charge is 0.495 e. The molecule has 0 amide bonds. The molecule has 7 nitrogen and oxygen atoms in total. The minimum atomic E-state index is -0.790. The molecule has 1 atom stereocenters. The molecule has 0 bridgehead atoms. The minimum Gasteiger partial charge on any atom is -0.495 e. The van der Waals surface area contributed by atoms with Crippen LogP contribution in [0.5, 0.6) is 11.5 Å². The fraction of sp³-hybridized carbons (Fsp3) is 0.167. The van der Waals surface area contributed by atoms with E-state index in [0.717, 1.165) is 22.3 Å². The fourth-order valence-electron chi connectivity index (χ4n) is 3.42. The van der Waals surface area contributed by atoms with Gasteiger partial charge in [-0.3, -0.25) is 9.89 Å². The second kappa shape index (κ2) is 9.42. The number of aromatic nitrogens is 2. The molecule has 0 aliphatic heterocycles. The molecule has 32 heavy (non-hydrogen) atoms. The van der Waals surface area contributed by atoms with E-state index in [1.165, 1.54) is 7.11 Å². The van der Waals surface area contributed by atoms with Crippen LogP contribution in [-0.2, 0) is 4.74 Å². The second-order valence-electron chi connectivity index (χ2n) is 6.95. The first kappa shape index (κ1) is 21.9. The number of methoxy groups -OCH3 is 3. The third kappa shape index (κ3) is 4.19. The monoisotopic (exact) mass is 496 g/mol. The van der Waals surface area contributed by atoms with Crippen molar-refractivity contribution in [3.05, 3.63) is 76.7 Å². The van der Waals surface area contributed by atoms with E-state index in [2.05, 4.69) is 26.1 Å². The van der Waals surface area contributed by atoms with Crippen LogP contribution in [0.2, 0.25) is 0 Å². The number of ketones is 1. The van der Waals surface area contributed by atoms with E-state index in [1.54, 1.807) is 32.5 Å². The Bertz CT molecular complexity index is 1190. The second-order valence-corrected chi connectivity index (χ2v) is 7.74. The third-order valence-electron chi connectivity index (χ3n) is 5.10. The van der Waals surface area contributed by atoms with Gasteiger partial charge >= 0.3 is 0 Å². The van der Waals surface area contributed by atoms with Crippen LogP contribution in [0.15, 0.2) is 69.8 Å². The molecule has 164 valence electrons. The van der Waals surface area contributed by atoms with Gasteiger partial charge in [-0.15, -0.1) is 0 Å². The van der Waals surface area contributed by atoms with E-state index in [4.69, 9.17) is 18.6 Å². The summed E-state index contributed by atoms with van der Waals surface area (Å²) in [5.41, 5.74) is 3.41. The number of Topliss-reactive ketones (excluding diaryl/α,β-unsaturated/α-hetero) is 1. The van der Waals surface area contributed by atoms with Crippen LogP contribution in [0.3, 0.4) is 0 Å². The van der Waals surface area contributed by atoms with Gasteiger partial charge in [-0.25, -0.2) is 0 Å². The van der Waals surface area contributed by atoms with Crippen LogP contribution in [0.25, 0.3) is 22.5 Å². The summed E-state index contributed by atoms with van der Waals surface area (Å²) in [6.07, 6.45) is 2.76. The summed E-state index contributed by atoms with van der Waals surface area (Å²) in [5, 5.41) is 6.75. The van der Waals surface area contributed by atoms with Gasteiger partial charge in [0.05, 0.1) is 20.4 Å². The number of furan rings is 1. The molecule has 0 fully saturated rings. The maximum atomic E-state index is 13.1. The Kier molecular flexibility index (Phi) is 6.43. The number of halogens is 1. The van der Waals surface area contributed by atoms with Crippen molar-refractivity contribution in [3.63, 3.8) is 0 Å². The molecule has 4 aromatic rings. The summed E-state index contributed by atoms with van der Waals surface area (Å²) in [6.45, 7) is 0. The van der Waals surface area contributed by atoms with Crippen LogP contribution >= 0.6 is 15.9 Å². The highest BCUT2D eigenvalue weighted by molar-refractivity contribution is 9.10. The van der Waals surface area contributed by atoms with Crippen LogP contribution in [0.4, 0.5) is 0 Å². The van der Waals surface area contributed by atoms with Gasteiger partial charge < -0.3 is 18.6 Å². The Morgan fingerprint density at radius 3 is 2.22 bits per heavy atom. The Hall–Kier alpha value is -3.36. The summed E-state index contributed by atoms with van der Waals surface area (Å²) in [5.74, 6) is 1.63. The van der Waals surface area contributed by atoms with Crippen LogP contribution < -0.4 is 9.47 Å². The molecular formula is C24H21BrN2O5. The molecule has 0 saturated heterocycles. The predicted octanol–water partition coefficient (Wildman–Crippen LogP) is 5.69. The van der Waals surface area contributed by atoms with Gasteiger partial charge in [0.1, 0.15) is 27.8 Å². The number of rotatable bonds is 8. The normalized spacial score (nSPS) is 11.9. The maximum Gasteiger partial charge on any atom is 0.231 e. The number of nitrogens with one attached hydrogen (secondary N) is 1. The SMILES string of the molecule is COc1cc(-c2ccc(C(=O)C(OC)c3ccc(-c4cn[nH]c4)cc3)o2)cc(OC)c1Br. The quantitative estimate of drug-likeness (QED) is 0.315. The van der Waals surface area contributed by atoms with Crippen LogP contribution in [0.1, 0.15) is 22.2 Å². The molecule has 1 N–H and O–H groups in total. The van der Waals surface area contributed by atoms with Gasteiger partial charge in [0.15, 0.2) is 5.76 Å². The van der Waals surface area contributed by atoms with Gasteiger partial charge in [-0.05, 0) is 51.3 Å². The van der Waals surface area contributed by atoms with Gasteiger partial charge in [-0.2, -0.15) is 5.10 Å². The zero-order valence-corrected chi connectivity index (χ0v) is 19.3. The molecule has 0 saturated carbocycles. The van der Waals surface area contributed by atoms with Gasteiger partial charge in [-0.1, -0.05) is 24.3 Å². The summed E-state index contributed by atoms with van der Waals surface area (Å²) < 4.78 is 22.9. The standard InChI is InChI=1S/C24H21BrN2O5/c1-29-20-10-16(11-21(30-2)22(20)25)18-8-9-19(32-18)23(28)24(31-3)15-6-4-14(5-7-15)17-12-26-27-13-17/h4-13,24H,1-3H3,(H,26,27). The van der Waals surface area contributed by atoms with Crippen molar-refractivity contribution in [2.45, 2.75) is 6.10 Å². The Morgan fingerprint density at radius 1 is 0.969 bits per heavy atom. The highest BCUT2D eigenvalue weighted by Crippen LogP contribution is 2.39. The molecule has 8 heteroatoms. The fourth-order valence-corrected chi connectivity index (χ4v) is 3.97. The molecule has 2 aromatic carbocycles. The lowest BCUT2D eigenvalue weighted by Gasteiger charge is -2.14. The molecule has 2 aromatic heterocycles. The van der Waals surface area contributed by atoms with Gasteiger partial charge in [0, 0.05) is 24.4 Å². The number of ether oxygens (including phenoxy) is 3. The van der Waals surface area contributed by atoms with Crippen LogP contribution in [0, 0.1) is 0 Å². The predicted molar refractivity (Wildman–Crippen MR) is 123 cm³/mol. The molecular weight excluding hydrogens is 476 g/mol. The molecule has 0 radical (unpaired) electrons. The zero-order chi connectivity index (χ0) is 22.7. The lowest BCUT2D eigenvalue weighted by Crippen LogP contribution is -2.14. The smallest absolute Gasteiger partial charge is 0.231 e. The number of carbonyl (C=O) groups is 1. The van der Waals surface area contributed by atoms with Crippen molar-refractivity contribution in [2.24, 2.45) is 0 Å². The third-order valence-corrected chi connectivity index (χ3v) is 5.88. The maximum absolute atomic E-state index is 13.1. The number of nitrogens with zero attached hydrogens (tertiary/aromatic N) is 1. The van der Waals surface area contributed by atoms with E-state index in [9.17, 15) is 4.79 Å². The first-order valence-corrected chi connectivity index (χ1v) is 10.5. The van der Waals surface area contributed by atoms with Crippen molar-refractivity contribution in [1.82, 2.24) is 10.2 Å². The Labute approximate surface area is 193 Å². The van der Waals surface area contributed by atoms with Crippen molar-refractivity contribution < 1.29 is 23.4 Å². The lowest BCUT2D eigenvalue weighted by molar-refractivity contribution is 0.0577. The van der Waals surface area contributed by atoms with E-state index in [0.29, 0.717) is 21.7 Å². The van der Waals surface area contributed by atoms with Crippen molar-refractivity contribution in [3.8, 4) is 33.9 Å². The Balaban J connectivity index is 1.60. The first-order chi connectivity index (χ1) is 15.5. The average Bonchev–Trinajstić information content (AvgIpc) is 3.53. The zero-order valence-electron chi connectivity index (χ0n) is 17.7. The van der Waals surface area contributed by atoms with Crippen LogP contribution in [-0.4, -0.2) is 37.3 Å². The highest BCUT2D eigenvalue weighted by Gasteiger charge is 2.25. The number of H-pyrrole nitrogens is 1. The molecule has 1 unspecified atom stereocenters. The molecule has 0 aliphatic carbocycles. The summed E-state index contributed by atoms with van der Waals surface area (Å²) in [4.78, 5) is 13.1. The first-order valence-electron chi connectivity index (χ1n) is 9.73. The summed E-state index contributed by atoms with van der Waals surface area (Å²) in [6, 6.07) is 14.6.